The van der Waals surface area contributed by atoms with Crippen LogP contribution in [-0.2, 0) is 5.32 Å². The van der Waals surface area contributed by atoms with Crippen LogP contribution in [-0.4, -0.2) is 30.0 Å². The minimum absolute atomic E-state index is 0.346. The molecule has 23 heavy (non-hydrogen) atoms. The summed E-state index contributed by atoms with van der Waals surface area (Å²) in [5.74, 6) is 0. The first kappa shape index (κ1) is 14.2. The average molecular weight is 364 g/mol. The van der Waals surface area contributed by atoms with Crippen molar-refractivity contribution in [2.24, 2.45) is 0 Å². The number of nitrogens with zero attached hydrogens (tertiary/aromatic N) is 3. The fraction of sp³-hybridized carbons (Fsp3) is 0.0526. The molecule has 1 aromatic heterocycles. The molecular formula is C19H15N3Se. The van der Waals surface area contributed by atoms with E-state index >= 15 is 0 Å². The molecule has 0 spiro atoms. The molecule has 0 atom stereocenters. The molecule has 4 aromatic rings. The van der Waals surface area contributed by atoms with Crippen molar-refractivity contribution in [3.05, 3.63) is 84.7 Å². The van der Waals surface area contributed by atoms with Crippen LogP contribution in [0.25, 0.3) is 16.5 Å². The molecule has 4 rings (SSSR count). The molecule has 1 heterocycles. The summed E-state index contributed by atoms with van der Waals surface area (Å²) in [6, 6.07) is 25.2. The first-order valence-corrected chi connectivity index (χ1v) is 9.54. The molecule has 3 nitrogen and oxygen atoms in total. The van der Waals surface area contributed by atoms with Gasteiger partial charge in [-0.25, -0.2) is 0 Å². The van der Waals surface area contributed by atoms with Crippen molar-refractivity contribution in [3.63, 3.8) is 0 Å². The van der Waals surface area contributed by atoms with Crippen LogP contribution in [0.4, 0.5) is 0 Å². The predicted molar refractivity (Wildman–Crippen MR) is 94.4 cm³/mol. The summed E-state index contributed by atoms with van der Waals surface area (Å²) >= 11 is 0.346. The van der Waals surface area contributed by atoms with Crippen molar-refractivity contribution in [3.8, 4) is 5.69 Å². The Balaban J connectivity index is 1.54. The molecule has 0 saturated carbocycles. The molecule has 3 aromatic carbocycles. The summed E-state index contributed by atoms with van der Waals surface area (Å²) in [6.45, 7) is 0. The van der Waals surface area contributed by atoms with Gasteiger partial charge in [-0.05, 0) is 0 Å². The number of hydrogen-bond donors (Lipinski definition) is 0. The Kier molecular flexibility index (Phi) is 3.93. The SMILES string of the molecule is c1ccc(-n2cc(C[Se]c3cccc4ccccc34)nn2)cc1. The van der Waals surface area contributed by atoms with E-state index in [-0.39, 0.29) is 0 Å². The van der Waals surface area contributed by atoms with E-state index in [1.54, 1.807) is 0 Å². The third-order valence-electron chi connectivity index (χ3n) is 3.69. The van der Waals surface area contributed by atoms with Gasteiger partial charge >= 0.3 is 141 Å². The molecule has 0 radical (unpaired) electrons. The Hall–Kier alpha value is -2.42. The number of rotatable bonds is 4. The van der Waals surface area contributed by atoms with Crippen LogP contribution in [0.5, 0.6) is 0 Å². The first-order valence-electron chi connectivity index (χ1n) is 7.47. The Labute approximate surface area is 141 Å². The number of aromatic nitrogens is 3. The van der Waals surface area contributed by atoms with E-state index in [1.165, 1.54) is 15.2 Å². The summed E-state index contributed by atoms with van der Waals surface area (Å²) in [5, 5.41) is 12.2. The zero-order chi connectivity index (χ0) is 15.5. The van der Waals surface area contributed by atoms with Crippen molar-refractivity contribution < 1.29 is 0 Å². The van der Waals surface area contributed by atoms with Crippen molar-refractivity contribution in [1.82, 2.24) is 15.0 Å². The van der Waals surface area contributed by atoms with Crippen LogP contribution in [0, 0.1) is 0 Å². The van der Waals surface area contributed by atoms with Crippen LogP contribution < -0.4 is 4.46 Å². The van der Waals surface area contributed by atoms with Gasteiger partial charge in [-0.2, -0.15) is 0 Å². The number of benzene rings is 3. The van der Waals surface area contributed by atoms with Gasteiger partial charge in [0.1, 0.15) is 0 Å². The van der Waals surface area contributed by atoms with Gasteiger partial charge in [0, 0.05) is 0 Å². The number of para-hydroxylation sites is 1. The Bertz CT molecular complexity index is 926. The van der Waals surface area contributed by atoms with Gasteiger partial charge in [-0.3, -0.25) is 0 Å². The van der Waals surface area contributed by atoms with Crippen LogP contribution in [0.3, 0.4) is 0 Å². The maximum absolute atomic E-state index is 4.32. The molecule has 0 aliphatic carbocycles. The van der Waals surface area contributed by atoms with E-state index in [0.29, 0.717) is 15.0 Å². The minimum atomic E-state index is 0.346. The zero-order valence-electron chi connectivity index (χ0n) is 12.5. The predicted octanol–water partition coefficient (Wildman–Crippen LogP) is 2.95. The molecule has 0 N–H and O–H groups in total. The molecule has 0 fully saturated rings. The Morgan fingerprint density at radius 2 is 1.61 bits per heavy atom. The molecule has 0 aliphatic rings. The van der Waals surface area contributed by atoms with E-state index in [1.807, 2.05) is 41.2 Å². The molecule has 0 aliphatic heterocycles. The van der Waals surface area contributed by atoms with Crippen LogP contribution in [0.15, 0.2) is 79.0 Å². The van der Waals surface area contributed by atoms with Crippen molar-refractivity contribution in [2.45, 2.75) is 5.32 Å². The third-order valence-corrected chi connectivity index (χ3v) is 6.01. The molecule has 0 unspecified atom stereocenters. The third kappa shape index (κ3) is 3.04. The second kappa shape index (κ2) is 6.37. The van der Waals surface area contributed by atoms with Gasteiger partial charge in [0.05, 0.1) is 0 Å². The average Bonchev–Trinajstić information content (AvgIpc) is 3.10. The van der Waals surface area contributed by atoms with Crippen molar-refractivity contribution >= 4 is 30.2 Å². The summed E-state index contributed by atoms with van der Waals surface area (Å²) in [5.41, 5.74) is 2.09. The second-order valence-corrected chi connectivity index (χ2v) is 7.39. The van der Waals surface area contributed by atoms with E-state index < -0.39 is 0 Å². The molecule has 0 saturated heterocycles. The van der Waals surface area contributed by atoms with E-state index in [4.69, 9.17) is 0 Å². The fourth-order valence-electron chi connectivity index (χ4n) is 2.54. The number of fused-ring (bicyclic) bond motifs is 1. The van der Waals surface area contributed by atoms with Gasteiger partial charge in [-0.15, -0.1) is 0 Å². The zero-order valence-corrected chi connectivity index (χ0v) is 14.2. The van der Waals surface area contributed by atoms with Gasteiger partial charge in [0.15, 0.2) is 0 Å². The van der Waals surface area contributed by atoms with E-state index in [9.17, 15) is 0 Å². The van der Waals surface area contributed by atoms with Gasteiger partial charge in [-0.1, -0.05) is 0 Å². The van der Waals surface area contributed by atoms with Crippen LogP contribution >= 0.6 is 0 Å². The van der Waals surface area contributed by atoms with Crippen LogP contribution in [0.1, 0.15) is 5.69 Å². The van der Waals surface area contributed by atoms with Gasteiger partial charge < -0.3 is 0 Å². The Morgan fingerprint density at radius 3 is 2.52 bits per heavy atom. The fourth-order valence-corrected chi connectivity index (χ4v) is 4.54. The Morgan fingerprint density at radius 1 is 0.826 bits per heavy atom. The quantitative estimate of drug-likeness (QED) is 0.522. The first-order chi connectivity index (χ1) is 11.4. The summed E-state index contributed by atoms with van der Waals surface area (Å²) < 4.78 is 3.26. The molecule has 4 heteroatoms. The summed E-state index contributed by atoms with van der Waals surface area (Å²) in [4.78, 5) is 0. The van der Waals surface area contributed by atoms with E-state index in [0.717, 1.165) is 16.7 Å². The second-order valence-electron chi connectivity index (χ2n) is 5.26. The number of hydrogen-bond acceptors (Lipinski definition) is 2. The topological polar surface area (TPSA) is 30.7 Å². The summed E-state index contributed by atoms with van der Waals surface area (Å²) in [7, 11) is 0. The molecule has 0 bridgehead atoms. The monoisotopic (exact) mass is 365 g/mol. The van der Waals surface area contributed by atoms with E-state index in [2.05, 4.69) is 52.8 Å². The van der Waals surface area contributed by atoms with Gasteiger partial charge in [0.2, 0.25) is 0 Å². The maximum atomic E-state index is 4.32. The molecular weight excluding hydrogens is 349 g/mol. The summed E-state index contributed by atoms with van der Waals surface area (Å²) in [6.07, 6.45) is 2.03. The normalized spacial score (nSPS) is 11.0. The van der Waals surface area contributed by atoms with Gasteiger partial charge in [0.25, 0.3) is 0 Å². The molecule has 0 amide bonds. The van der Waals surface area contributed by atoms with Crippen molar-refractivity contribution in [2.75, 3.05) is 0 Å². The molecule has 112 valence electrons. The van der Waals surface area contributed by atoms with Crippen molar-refractivity contribution in [1.29, 1.82) is 0 Å². The standard InChI is InChI=1S/C19H15N3Se/c1-2-9-17(10-3-1)22-13-16(20-21-22)14-23-19-12-6-8-15-7-4-5-11-18(15)19/h1-13H,14H2. The van der Waals surface area contributed by atoms with Crippen LogP contribution in [0.2, 0.25) is 0 Å².